The monoisotopic (exact) mass is 281 g/mol. The second-order valence-electron chi connectivity index (χ2n) is 6.04. The Balaban J connectivity index is 1.78. The highest BCUT2D eigenvalue weighted by Gasteiger charge is 2.43. The summed E-state index contributed by atoms with van der Waals surface area (Å²) in [6, 6.07) is 6.54. The van der Waals surface area contributed by atoms with Gasteiger partial charge in [-0.3, -0.25) is 4.90 Å². The van der Waals surface area contributed by atoms with Crippen molar-refractivity contribution in [2.45, 2.75) is 18.6 Å². The fourth-order valence-electron chi connectivity index (χ4n) is 3.17. The standard InChI is InChI=1S/C15H20FNO3/c16-12-3-1-2-11(4-12)14-5-13(19)6-17(14)7-15(8-18)9-20-10-15/h1-4,13-14,18-19H,5-10H2/t13-,14+/m1/s1. The van der Waals surface area contributed by atoms with Crippen LogP contribution in [0.1, 0.15) is 18.0 Å². The lowest BCUT2D eigenvalue weighted by Gasteiger charge is -2.43. The van der Waals surface area contributed by atoms with E-state index in [4.69, 9.17) is 4.74 Å². The molecule has 0 bridgehead atoms. The number of nitrogens with zero attached hydrogens (tertiary/aromatic N) is 1. The Labute approximate surface area is 117 Å². The van der Waals surface area contributed by atoms with Crippen molar-refractivity contribution in [3.63, 3.8) is 0 Å². The number of hydrogen-bond donors (Lipinski definition) is 2. The van der Waals surface area contributed by atoms with Crippen molar-refractivity contribution >= 4 is 0 Å². The lowest BCUT2D eigenvalue weighted by atomic mass is 9.86. The summed E-state index contributed by atoms with van der Waals surface area (Å²) in [5.41, 5.74) is 0.658. The highest BCUT2D eigenvalue weighted by Crippen LogP contribution is 2.37. The van der Waals surface area contributed by atoms with E-state index in [9.17, 15) is 14.6 Å². The maximum atomic E-state index is 13.4. The second-order valence-corrected chi connectivity index (χ2v) is 6.04. The van der Waals surface area contributed by atoms with E-state index in [1.54, 1.807) is 6.07 Å². The number of aliphatic hydroxyl groups excluding tert-OH is 2. The first-order valence-corrected chi connectivity index (χ1v) is 6.98. The topological polar surface area (TPSA) is 52.9 Å². The zero-order chi connectivity index (χ0) is 14.2. The van der Waals surface area contributed by atoms with Crippen LogP contribution in [0.15, 0.2) is 24.3 Å². The summed E-state index contributed by atoms with van der Waals surface area (Å²) in [7, 11) is 0. The normalized spacial score (nSPS) is 29.4. The van der Waals surface area contributed by atoms with Crippen LogP contribution in [0.25, 0.3) is 0 Å². The minimum atomic E-state index is -0.403. The minimum absolute atomic E-state index is 0.00438. The van der Waals surface area contributed by atoms with Gasteiger partial charge in [0.15, 0.2) is 0 Å². The molecule has 110 valence electrons. The van der Waals surface area contributed by atoms with Gasteiger partial charge in [0.05, 0.1) is 31.3 Å². The number of halogens is 1. The molecule has 2 aliphatic heterocycles. The van der Waals surface area contributed by atoms with Crippen LogP contribution in [-0.4, -0.2) is 54.1 Å². The molecular weight excluding hydrogens is 261 g/mol. The van der Waals surface area contributed by atoms with Crippen molar-refractivity contribution in [1.82, 2.24) is 4.90 Å². The van der Waals surface area contributed by atoms with Crippen LogP contribution >= 0.6 is 0 Å². The van der Waals surface area contributed by atoms with Gasteiger partial charge >= 0.3 is 0 Å². The van der Waals surface area contributed by atoms with E-state index in [1.165, 1.54) is 12.1 Å². The smallest absolute Gasteiger partial charge is 0.123 e. The summed E-state index contributed by atoms with van der Waals surface area (Å²) in [6.07, 6.45) is 0.200. The van der Waals surface area contributed by atoms with E-state index in [0.717, 1.165) is 5.56 Å². The quantitative estimate of drug-likeness (QED) is 0.862. The molecule has 20 heavy (non-hydrogen) atoms. The molecule has 0 spiro atoms. The van der Waals surface area contributed by atoms with E-state index in [-0.39, 0.29) is 23.9 Å². The predicted molar refractivity (Wildman–Crippen MR) is 71.7 cm³/mol. The molecule has 5 heteroatoms. The van der Waals surface area contributed by atoms with Gasteiger partial charge in [-0.25, -0.2) is 4.39 Å². The lowest BCUT2D eigenvalue weighted by Crippen LogP contribution is -2.53. The van der Waals surface area contributed by atoms with E-state index in [2.05, 4.69) is 4.90 Å². The van der Waals surface area contributed by atoms with Gasteiger partial charge in [0.25, 0.3) is 0 Å². The average Bonchev–Trinajstić information content (AvgIpc) is 2.75. The third-order valence-electron chi connectivity index (χ3n) is 4.31. The summed E-state index contributed by atoms with van der Waals surface area (Å²) in [5, 5.41) is 19.5. The summed E-state index contributed by atoms with van der Waals surface area (Å²) in [4.78, 5) is 2.14. The van der Waals surface area contributed by atoms with Crippen molar-refractivity contribution in [2.24, 2.45) is 5.41 Å². The van der Waals surface area contributed by atoms with E-state index in [1.807, 2.05) is 6.07 Å². The number of ether oxygens (including phenoxy) is 1. The Morgan fingerprint density at radius 1 is 1.40 bits per heavy atom. The molecule has 2 saturated heterocycles. The highest BCUT2D eigenvalue weighted by atomic mass is 19.1. The molecule has 0 radical (unpaired) electrons. The third-order valence-corrected chi connectivity index (χ3v) is 4.31. The average molecular weight is 281 g/mol. The summed E-state index contributed by atoms with van der Waals surface area (Å²) >= 11 is 0. The first-order chi connectivity index (χ1) is 9.62. The fourth-order valence-corrected chi connectivity index (χ4v) is 3.17. The van der Waals surface area contributed by atoms with Crippen molar-refractivity contribution < 1.29 is 19.3 Å². The second kappa shape index (κ2) is 5.41. The molecule has 2 heterocycles. The number of β-amino-alcohol motifs (C(OH)–C–C–N with tert-alkyl or cyclic N) is 1. The SMILES string of the molecule is OCC1(CN2C[C@H](O)C[C@H]2c2cccc(F)c2)COC1. The maximum absolute atomic E-state index is 13.4. The van der Waals surface area contributed by atoms with Crippen molar-refractivity contribution in [3.8, 4) is 0 Å². The van der Waals surface area contributed by atoms with Crippen LogP contribution in [0.4, 0.5) is 4.39 Å². The van der Waals surface area contributed by atoms with Gasteiger partial charge in [0, 0.05) is 19.1 Å². The fraction of sp³-hybridized carbons (Fsp3) is 0.600. The largest absolute Gasteiger partial charge is 0.396 e. The highest BCUT2D eigenvalue weighted by molar-refractivity contribution is 5.22. The molecule has 1 aromatic rings. The Kier molecular flexibility index (Phi) is 3.77. The molecular formula is C15H20FNO3. The molecule has 2 atom stereocenters. The molecule has 2 aliphatic rings. The predicted octanol–water partition coefficient (Wildman–Crippen LogP) is 0.942. The Morgan fingerprint density at radius 3 is 2.80 bits per heavy atom. The van der Waals surface area contributed by atoms with Crippen LogP contribution in [0.2, 0.25) is 0 Å². The molecule has 1 aromatic carbocycles. The molecule has 2 fully saturated rings. The number of likely N-dealkylation sites (tertiary alicyclic amines) is 1. The number of aliphatic hydroxyl groups is 2. The van der Waals surface area contributed by atoms with Crippen LogP contribution in [-0.2, 0) is 4.74 Å². The molecule has 0 amide bonds. The number of hydrogen-bond acceptors (Lipinski definition) is 4. The van der Waals surface area contributed by atoms with Gasteiger partial charge in [-0.05, 0) is 24.1 Å². The van der Waals surface area contributed by atoms with Gasteiger partial charge in [-0.2, -0.15) is 0 Å². The third kappa shape index (κ3) is 2.59. The maximum Gasteiger partial charge on any atom is 0.123 e. The Hall–Kier alpha value is -1.01. The van der Waals surface area contributed by atoms with Gasteiger partial charge in [0.2, 0.25) is 0 Å². The van der Waals surface area contributed by atoms with Crippen molar-refractivity contribution in [1.29, 1.82) is 0 Å². The first-order valence-electron chi connectivity index (χ1n) is 6.98. The van der Waals surface area contributed by atoms with Gasteiger partial charge in [-0.1, -0.05) is 12.1 Å². The van der Waals surface area contributed by atoms with Crippen LogP contribution < -0.4 is 0 Å². The van der Waals surface area contributed by atoms with Gasteiger partial charge < -0.3 is 14.9 Å². The summed E-state index contributed by atoms with van der Waals surface area (Å²) in [5.74, 6) is -0.257. The number of rotatable bonds is 4. The van der Waals surface area contributed by atoms with E-state index >= 15 is 0 Å². The lowest BCUT2D eigenvalue weighted by molar-refractivity contribution is -0.150. The molecule has 0 aromatic heterocycles. The van der Waals surface area contributed by atoms with Gasteiger partial charge in [-0.15, -0.1) is 0 Å². The zero-order valence-electron chi connectivity index (χ0n) is 11.3. The van der Waals surface area contributed by atoms with Gasteiger partial charge in [0.1, 0.15) is 5.82 Å². The first kappa shape index (κ1) is 13.9. The zero-order valence-corrected chi connectivity index (χ0v) is 11.3. The molecule has 0 unspecified atom stereocenters. The summed E-state index contributed by atoms with van der Waals surface area (Å²) in [6.45, 7) is 2.40. The minimum Gasteiger partial charge on any atom is -0.396 e. The Bertz CT molecular complexity index is 472. The Morgan fingerprint density at radius 2 is 2.20 bits per heavy atom. The van der Waals surface area contributed by atoms with Crippen molar-refractivity contribution in [2.75, 3.05) is 32.9 Å². The van der Waals surface area contributed by atoms with Crippen molar-refractivity contribution in [3.05, 3.63) is 35.6 Å². The molecule has 0 saturated carbocycles. The molecule has 3 rings (SSSR count). The molecule has 2 N–H and O–H groups in total. The van der Waals surface area contributed by atoms with E-state index < -0.39 is 6.10 Å². The van der Waals surface area contributed by atoms with Crippen LogP contribution in [0, 0.1) is 11.2 Å². The van der Waals surface area contributed by atoms with Crippen LogP contribution in [0.5, 0.6) is 0 Å². The number of benzene rings is 1. The molecule has 4 nitrogen and oxygen atoms in total. The van der Waals surface area contributed by atoms with Crippen LogP contribution in [0.3, 0.4) is 0 Å². The van der Waals surface area contributed by atoms with E-state index in [0.29, 0.717) is 32.7 Å². The summed E-state index contributed by atoms with van der Waals surface area (Å²) < 4.78 is 18.6. The molecule has 0 aliphatic carbocycles.